The van der Waals surface area contributed by atoms with Gasteiger partial charge in [0.2, 0.25) is 0 Å². The van der Waals surface area contributed by atoms with Crippen LogP contribution in [0.3, 0.4) is 0 Å². The first-order chi connectivity index (χ1) is 8.81. The van der Waals surface area contributed by atoms with E-state index in [-0.39, 0.29) is 12.4 Å². The molecule has 1 N–H and O–H groups in total. The van der Waals surface area contributed by atoms with Crippen molar-refractivity contribution in [2.75, 3.05) is 6.61 Å². The van der Waals surface area contributed by atoms with Crippen LogP contribution in [0, 0.1) is 0 Å². The Hall–Kier alpha value is -0.480. The molecule has 0 spiro atoms. The number of halogens is 2. The van der Waals surface area contributed by atoms with Crippen molar-refractivity contribution in [2.24, 2.45) is 0 Å². The second-order valence-corrected chi connectivity index (χ2v) is 4.90. The predicted molar refractivity (Wildman–Crippen MR) is 79.9 cm³/mol. The molecule has 0 saturated heterocycles. The molecule has 0 atom stereocenters. The third-order valence-electron chi connectivity index (χ3n) is 1.58. The van der Waals surface area contributed by atoms with Gasteiger partial charge in [-0.2, -0.15) is 0 Å². The van der Waals surface area contributed by atoms with Crippen LogP contribution < -0.4 is 0 Å². The van der Waals surface area contributed by atoms with E-state index in [0.29, 0.717) is 6.61 Å². The van der Waals surface area contributed by atoms with Gasteiger partial charge in [0.1, 0.15) is 4.84 Å². The Labute approximate surface area is 126 Å². The van der Waals surface area contributed by atoms with Crippen molar-refractivity contribution in [2.45, 2.75) is 64.6 Å². The number of alkyl halides is 2. The van der Waals surface area contributed by atoms with Gasteiger partial charge in [-0.15, -0.1) is 23.2 Å². The van der Waals surface area contributed by atoms with Gasteiger partial charge in [0, 0.05) is 6.92 Å². The van der Waals surface area contributed by atoms with Crippen molar-refractivity contribution in [3.8, 4) is 0 Å². The van der Waals surface area contributed by atoms with Gasteiger partial charge in [-0.25, -0.2) is 0 Å². The van der Waals surface area contributed by atoms with Crippen molar-refractivity contribution in [1.29, 1.82) is 0 Å². The maximum Gasteiger partial charge on any atom is 0.308 e. The lowest BCUT2D eigenvalue weighted by Gasteiger charge is -1.99. The number of carbonyl (C=O) groups excluding carboxylic acids is 1. The number of rotatable bonds is 6. The molecule has 0 fully saturated rings. The van der Waals surface area contributed by atoms with Crippen LogP contribution in [0.15, 0.2) is 0 Å². The van der Waals surface area contributed by atoms with E-state index in [0.717, 1.165) is 6.92 Å². The Balaban J connectivity index is -0.000000222. The summed E-state index contributed by atoms with van der Waals surface area (Å²) in [5.41, 5.74) is 0. The van der Waals surface area contributed by atoms with E-state index in [1.165, 1.54) is 25.7 Å². The topological polar surface area (TPSA) is 63.6 Å². The highest BCUT2D eigenvalue weighted by atomic mass is 35.5. The maximum atomic E-state index is 10.5. The molecule has 0 saturated carbocycles. The molecule has 0 aliphatic rings. The molecule has 0 rings (SSSR count). The molecule has 116 valence electrons. The summed E-state index contributed by atoms with van der Waals surface area (Å²) < 4.78 is 4.54. The third kappa shape index (κ3) is 46.6. The minimum atomic E-state index is -0.833. The highest BCUT2D eigenvalue weighted by Crippen LogP contribution is 2.07. The maximum absolute atomic E-state index is 10.5. The Morgan fingerprint density at radius 1 is 1.11 bits per heavy atom. The number of carboxylic acids is 1. The van der Waals surface area contributed by atoms with Gasteiger partial charge in [0.25, 0.3) is 5.97 Å². The van der Waals surface area contributed by atoms with Crippen LogP contribution in [-0.4, -0.2) is 28.5 Å². The number of carboxylic acid groups (broad SMARTS) is 1. The van der Waals surface area contributed by atoms with Crippen LogP contribution in [0.25, 0.3) is 0 Å². The summed E-state index contributed by atoms with van der Waals surface area (Å²) in [6.45, 7) is 7.65. The monoisotopic (exact) mass is 316 g/mol. The SMILES string of the molecule is CC(=O)O.CCCCCC.CCOC(=O)CC(Cl)Cl. The summed E-state index contributed by atoms with van der Waals surface area (Å²) in [6.07, 6.45) is 5.60. The lowest BCUT2D eigenvalue weighted by molar-refractivity contribution is -0.142. The minimum absolute atomic E-state index is 0.0664. The molecule has 0 amide bonds. The Bertz CT molecular complexity index is 201. The lowest BCUT2D eigenvalue weighted by atomic mass is 10.2. The fraction of sp³-hybridized carbons (Fsp3) is 0.846. The minimum Gasteiger partial charge on any atom is -0.481 e. The number of unbranched alkanes of at least 4 members (excludes halogenated alkanes) is 3. The molecule has 0 aromatic carbocycles. The van der Waals surface area contributed by atoms with E-state index in [1.54, 1.807) is 6.92 Å². The average molecular weight is 317 g/mol. The molecule has 0 bridgehead atoms. The zero-order valence-corrected chi connectivity index (χ0v) is 13.8. The van der Waals surface area contributed by atoms with E-state index in [2.05, 4.69) is 18.6 Å². The standard InChI is InChI=1S/C6H14.C5H8Cl2O2.C2H4O2/c1-3-5-6-4-2;1-2-9-5(8)3-4(6)7;1-2(3)4/h3-6H2,1-2H3;4H,2-3H2,1H3;1H3,(H,3,4). The zero-order valence-electron chi connectivity index (χ0n) is 12.2. The molecule has 0 radical (unpaired) electrons. The van der Waals surface area contributed by atoms with Gasteiger partial charge < -0.3 is 9.84 Å². The summed E-state index contributed by atoms with van der Waals surface area (Å²) in [5, 5.41) is 7.42. The number of carbonyl (C=O) groups is 2. The number of hydrogen-bond donors (Lipinski definition) is 1. The van der Waals surface area contributed by atoms with Gasteiger partial charge in [0.15, 0.2) is 0 Å². The van der Waals surface area contributed by atoms with Crippen LogP contribution in [0.4, 0.5) is 0 Å². The van der Waals surface area contributed by atoms with Crippen LogP contribution in [-0.2, 0) is 14.3 Å². The molecule has 19 heavy (non-hydrogen) atoms. The quantitative estimate of drug-likeness (QED) is 0.447. The molecule has 0 heterocycles. The van der Waals surface area contributed by atoms with Crippen LogP contribution in [0.2, 0.25) is 0 Å². The van der Waals surface area contributed by atoms with Crippen molar-refractivity contribution in [1.82, 2.24) is 0 Å². The van der Waals surface area contributed by atoms with Crippen LogP contribution in [0.5, 0.6) is 0 Å². The van der Waals surface area contributed by atoms with Gasteiger partial charge in [-0.1, -0.05) is 39.5 Å². The lowest BCUT2D eigenvalue weighted by Crippen LogP contribution is -2.07. The second kappa shape index (κ2) is 19.9. The van der Waals surface area contributed by atoms with Gasteiger partial charge >= 0.3 is 5.97 Å². The number of ether oxygens (including phenoxy) is 1. The van der Waals surface area contributed by atoms with Crippen molar-refractivity contribution >= 4 is 35.1 Å². The fourth-order valence-corrected chi connectivity index (χ4v) is 1.10. The normalized spacial score (nSPS) is 8.79. The second-order valence-electron chi connectivity index (χ2n) is 3.63. The average Bonchev–Trinajstić information content (AvgIpc) is 2.25. The Kier molecular flexibility index (Phi) is 24.7. The summed E-state index contributed by atoms with van der Waals surface area (Å²) in [7, 11) is 0. The summed E-state index contributed by atoms with van der Waals surface area (Å²) in [6, 6.07) is 0. The van der Waals surface area contributed by atoms with E-state index in [9.17, 15) is 4.79 Å². The van der Waals surface area contributed by atoms with Gasteiger partial charge in [0.05, 0.1) is 13.0 Å². The van der Waals surface area contributed by atoms with E-state index in [4.69, 9.17) is 33.1 Å². The molecule has 0 unspecified atom stereocenters. The molecular weight excluding hydrogens is 291 g/mol. The van der Waals surface area contributed by atoms with E-state index >= 15 is 0 Å². The molecule has 4 nitrogen and oxygen atoms in total. The predicted octanol–water partition coefficient (Wildman–Crippen LogP) is 4.42. The van der Waals surface area contributed by atoms with Crippen molar-refractivity contribution in [3.05, 3.63) is 0 Å². The highest BCUT2D eigenvalue weighted by Gasteiger charge is 2.06. The third-order valence-corrected chi connectivity index (χ3v) is 1.89. The first-order valence-corrected chi connectivity index (χ1v) is 7.32. The molecule has 0 aromatic rings. The highest BCUT2D eigenvalue weighted by molar-refractivity contribution is 6.45. The number of hydrogen-bond acceptors (Lipinski definition) is 3. The largest absolute Gasteiger partial charge is 0.481 e. The molecular formula is C13H26Cl2O4. The smallest absolute Gasteiger partial charge is 0.308 e. The summed E-state index contributed by atoms with van der Waals surface area (Å²) >= 11 is 10.5. The fourth-order valence-electron chi connectivity index (χ4n) is 0.846. The van der Waals surface area contributed by atoms with Crippen LogP contribution >= 0.6 is 23.2 Å². The summed E-state index contributed by atoms with van der Waals surface area (Å²) in [5.74, 6) is -1.19. The first kappa shape index (κ1) is 23.6. The molecule has 0 aromatic heterocycles. The van der Waals surface area contributed by atoms with E-state index in [1.807, 2.05) is 0 Å². The Morgan fingerprint density at radius 3 is 1.68 bits per heavy atom. The Morgan fingerprint density at radius 2 is 1.47 bits per heavy atom. The number of esters is 1. The van der Waals surface area contributed by atoms with E-state index < -0.39 is 10.8 Å². The molecule has 0 aliphatic heterocycles. The zero-order chi connectivity index (χ0) is 15.7. The first-order valence-electron chi connectivity index (χ1n) is 6.44. The van der Waals surface area contributed by atoms with Gasteiger partial charge in [-0.05, 0) is 6.92 Å². The van der Waals surface area contributed by atoms with Gasteiger partial charge in [-0.3, -0.25) is 9.59 Å². The van der Waals surface area contributed by atoms with Crippen LogP contribution in [0.1, 0.15) is 59.8 Å². The van der Waals surface area contributed by atoms with Crippen molar-refractivity contribution in [3.63, 3.8) is 0 Å². The number of aliphatic carboxylic acids is 1. The molecule has 6 heteroatoms. The summed E-state index contributed by atoms with van der Waals surface area (Å²) in [4.78, 5) is 18.8. The molecule has 0 aliphatic carbocycles. The van der Waals surface area contributed by atoms with Crippen molar-refractivity contribution < 1.29 is 19.4 Å².